The van der Waals surface area contributed by atoms with Crippen LogP contribution < -0.4 is 50.9 Å². The molecule has 0 N–H and O–H groups in total. The van der Waals surface area contributed by atoms with Gasteiger partial charge in [-0.05, 0) is 120 Å². The van der Waals surface area contributed by atoms with Crippen LogP contribution in [0.25, 0.3) is 29.2 Å². The first-order valence-electron chi connectivity index (χ1n) is 33.0. The molecule has 0 aliphatic rings. The maximum absolute atomic E-state index is 5.18. The van der Waals surface area contributed by atoms with Gasteiger partial charge in [0.1, 0.15) is 134 Å². The predicted molar refractivity (Wildman–Crippen MR) is 387 cm³/mol. The molecule has 0 aliphatic carbocycles. The molecule has 7 aromatic heterocycles. The Morgan fingerprint density at radius 2 is 0.847 bits per heavy atom. The second-order valence-corrected chi connectivity index (χ2v) is 23.6. The topological polar surface area (TPSA) is 93.7 Å². The Kier molecular flexibility index (Phi) is 29.9. The number of aromatic nitrogens is 13. The van der Waals surface area contributed by atoms with Gasteiger partial charge in [0.2, 0.25) is 25.3 Å². The molecule has 0 bridgehead atoms. The van der Waals surface area contributed by atoms with Crippen molar-refractivity contribution in [2.24, 2.45) is 42.3 Å². The molecule has 0 saturated heterocycles. The fraction of sp³-hybridized carbons (Fsp3) is 0.247. The van der Waals surface area contributed by atoms with Crippen molar-refractivity contribution in [3.8, 4) is 40.1 Å². The third kappa shape index (κ3) is 24.8. The maximum Gasteiger partial charge on any atom is 0.254 e. The van der Waals surface area contributed by atoms with Crippen LogP contribution in [0.1, 0.15) is 60.5 Å². The Hall–Kier alpha value is -11.3. The number of nitrogens with zero attached hydrogens (tertiary/aromatic N) is 13. The molecule has 0 unspecified atom stereocenters. The third-order valence-electron chi connectivity index (χ3n) is 15.7. The van der Waals surface area contributed by atoms with E-state index < -0.39 is 0 Å². The second-order valence-electron chi connectivity index (χ2n) is 23.6. The van der Waals surface area contributed by atoms with Crippen molar-refractivity contribution in [1.82, 2.24) is 27.4 Å². The van der Waals surface area contributed by atoms with Gasteiger partial charge in [0.15, 0.2) is 12.4 Å². The highest BCUT2D eigenvalue weighted by Gasteiger charge is 2.12. The second kappa shape index (κ2) is 39.5. The summed E-state index contributed by atoms with van der Waals surface area (Å²) < 4.78 is 47.9. The van der Waals surface area contributed by atoms with Crippen molar-refractivity contribution in [2.75, 3.05) is 28.4 Å². The fourth-order valence-corrected chi connectivity index (χ4v) is 10.1. The molecule has 17 nitrogen and oxygen atoms in total. The Labute approximate surface area is 580 Å². The van der Waals surface area contributed by atoms with Gasteiger partial charge in [-0.15, -0.1) is 0 Å². The van der Waals surface area contributed by atoms with Crippen LogP contribution in [0.5, 0.6) is 23.0 Å². The van der Waals surface area contributed by atoms with Crippen LogP contribution in [0.15, 0.2) is 282 Å². The van der Waals surface area contributed by atoms with E-state index in [1.165, 1.54) is 46.6 Å². The minimum Gasteiger partial charge on any atom is -0.497 e. The highest BCUT2D eigenvalue weighted by molar-refractivity contribution is 5.69. The van der Waals surface area contributed by atoms with Crippen molar-refractivity contribution < 1.29 is 50.9 Å². The van der Waals surface area contributed by atoms with E-state index in [1.54, 1.807) is 28.4 Å². The Bertz CT molecular complexity index is 4250. The number of aryl methyl sites for hydroxylation is 9. The Morgan fingerprint density at radius 1 is 0.398 bits per heavy atom. The van der Waals surface area contributed by atoms with E-state index in [-0.39, 0.29) is 0 Å². The minimum atomic E-state index is 0.855. The zero-order valence-electron chi connectivity index (χ0n) is 59.9. The number of pyridine rings is 1. The van der Waals surface area contributed by atoms with Crippen LogP contribution >= 0.6 is 0 Å². The molecule has 0 atom stereocenters. The van der Waals surface area contributed by atoms with Gasteiger partial charge in [-0.2, -0.15) is 0 Å². The molecule has 13 aromatic rings. The first-order valence-corrected chi connectivity index (χ1v) is 33.0. The van der Waals surface area contributed by atoms with Gasteiger partial charge in [-0.1, -0.05) is 98.8 Å². The van der Waals surface area contributed by atoms with Crippen LogP contribution in [0.4, 0.5) is 0 Å². The smallest absolute Gasteiger partial charge is 0.254 e. The summed E-state index contributed by atoms with van der Waals surface area (Å²) in [5, 5.41) is 0. The van der Waals surface area contributed by atoms with Crippen LogP contribution in [0, 0.1) is 13.8 Å². The molecule has 0 saturated carbocycles. The number of hydrogen-bond donors (Lipinski definition) is 0. The van der Waals surface area contributed by atoms with Gasteiger partial charge in [0, 0.05) is 26.0 Å². The average Bonchev–Trinajstić information content (AvgIpc) is 1.73. The Balaban J connectivity index is 0.000000163. The lowest BCUT2D eigenvalue weighted by Gasteiger charge is -2.00. The number of rotatable bonds is 17. The molecular weight excluding hydrogens is 1220 g/mol. The van der Waals surface area contributed by atoms with E-state index in [9.17, 15) is 0 Å². The van der Waals surface area contributed by atoms with Gasteiger partial charge in [0.05, 0.1) is 76.8 Å². The first-order chi connectivity index (χ1) is 47.5. The van der Waals surface area contributed by atoms with Gasteiger partial charge < -0.3 is 18.9 Å². The summed E-state index contributed by atoms with van der Waals surface area (Å²) in [6.45, 7) is 12.8. The quantitative estimate of drug-likeness (QED) is 0.0849. The van der Waals surface area contributed by atoms with E-state index >= 15 is 0 Å². The predicted octanol–water partition coefficient (Wildman–Crippen LogP) is 11.6. The lowest BCUT2D eigenvalue weighted by Crippen LogP contribution is -2.35. The number of benzene rings is 6. The molecule has 98 heavy (non-hydrogen) atoms. The highest BCUT2D eigenvalue weighted by atomic mass is 16.5. The van der Waals surface area contributed by atoms with Crippen LogP contribution in [0.2, 0.25) is 0 Å². The summed E-state index contributed by atoms with van der Waals surface area (Å²) in [4.78, 5) is 0. The van der Waals surface area contributed by atoms with Gasteiger partial charge in [-0.25, -0.2) is 59.4 Å². The summed E-state index contributed by atoms with van der Waals surface area (Å²) in [7, 11) is 18.8. The minimum absolute atomic E-state index is 0.855. The molecule has 13 rings (SSSR count). The van der Waals surface area contributed by atoms with Gasteiger partial charge in [0.25, 0.3) is 12.2 Å². The highest BCUT2D eigenvalue weighted by Crippen LogP contribution is 2.17. The van der Waals surface area contributed by atoms with Crippen molar-refractivity contribution in [2.45, 2.75) is 66.7 Å². The molecule has 0 amide bonds. The number of methoxy groups -OCH3 is 4. The zero-order chi connectivity index (χ0) is 70.0. The Morgan fingerprint density at radius 3 is 1.28 bits per heavy atom. The molecule has 0 aliphatic heterocycles. The van der Waals surface area contributed by atoms with Crippen molar-refractivity contribution in [1.29, 1.82) is 0 Å². The van der Waals surface area contributed by atoms with Crippen molar-refractivity contribution in [3.63, 3.8) is 0 Å². The first kappa shape index (κ1) is 74.1. The average molecular weight is 1320 g/mol. The molecule has 7 heterocycles. The summed E-state index contributed by atoms with van der Waals surface area (Å²) >= 11 is 0. The summed E-state index contributed by atoms with van der Waals surface area (Å²) in [6, 6.07) is 57.0. The van der Waals surface area contributed by atoms with Crippen molar-refractivity contribution >= 4 is 12.2 Å². The standard InChI is InChI=1S/C17H17N2O2.C14H14N.C12H15N2O.C11H13N2O.C11H13N2.C10H19N2.C6H11N2/c1-20-16-7-3-14(4-8-16)18-11-12-19(13-18)15-5-9-17(21-2)10-6-15;1-15-11-9-14(10-12-15)8-7-13-5-3-2-4-6-13;1-13-7-8-14(10-13)9-11-3-5-12(15-2)6-4-11;1-12-7-8-13(9-12)10-3-5-11(14-2)6-4-10;1-12-7-8-13(10-12)9-11-5-3-2-4-6-11;1-4-6-11-8-9-12(7-5-2)10(11)3;1-6-4-7(2)5-8(6)3/h3-13H,1-2H3;2-12H,1H3;3-8,10H,9H2,1-2H3;3-9H,1-2H3;2-8,10H,9H2,1H3;8-9H,4-7H2,1-3H3;4-5H,1-3H3/q7*+1/b;8-7+;;;;;. The van der Waals surface area contributed by atoms with E-state index in [0.29, 0.717) is 0 Å². The molecule has 17 heteroatoms. The van der Waals surface area contributed by atoms with Crippen LogP contribution in [0.3, 0.4) is 0 Å². The molecule has 0 spiro atoms. The van der Waals surface area contributed by atoms with E-state index in [0.717, 1.165) is 66.2 Å². The largest absolute Gasteiger partial charge is 0.497 e. The van der Waals surface area contributed by atoms with Crippen LogP contribution in [-0.2, 0) is 68.5 Å². The summed E-state index contributed by atoms with van der Waals surface area (Å²) in [5.74, 6) is 4.86. The van der Waals surface area contributed by atoms with Gasteiger partial charge in [-0.3, -0.25) is 0 Å². The number of hydrogen-bond acceptors (Lipinski definition) is 4. The zero-order valence-corrected chi connectivity index (χ0v) is 59.9. The molecule has 0 fully saturated rings. The van der Waals surface area contributed by atoms with E-state index in [4.69, 9.17) is 18.9 Å². The van der Waals surface area contributed by atoms with Gasteiger partial charge >= 0.3 is 0 Å². The van der Waals surface area contributed by atoms with Crippen LogP contribution in [-0.4, -0.2) is 55.8 Å². The van der Waals surface area contributed by atoms with E-state index in [2.05, 4.69) is 181 Å². The van der Waals surface area contributed by atoms with Crippen molar-refractivity contribution in [3.05, 3.63) is 316 Å². The van der Waals surface area contributed by atoms with E-state index in [1.807, 2.05) is 243 Å². The molecule has 6 aromatic carbocycles. The maximum atomic E-state index is 5.18. The number of imidazole rings is 6. The lowest BCUT2D eigenvalue weighted by molar-refractivity contribution is -0.702. The normalized spacial score (nSPS) is 10.3. The molecular formula is C81H102N13O4+7. The fourth-order valence-electron chi connectivity index (χ4n) is 10.1. The third-order valence-corrected chi connectivity index (χ3v) is 15.7. The summed E-state index contributed by atoms with van der Waals surface area (Å²) in [5.41, 5.74) is 9.64. The number of ether oxygens (including phenoxy) is 4. The molecule has 0 radical (unpaired) electrons. The summed E-state index contributed by atoms with van der Waals surface area (Å²) in [6.07, 6.45) is 43.7. The molecule has 508 valence electrons. The SMILES string of the molecule is CCCn1cc[n+](CCC)c1C.COc1ccc(-n2cc[n+](-c3ccc(OC)cc3)c2)cc1.COc1ccc(-n2cc[n+](C)c2)cc1.COc1ccc(Cn2cc[n+](C)c2)cc1.C[n+]1ccc(/C=C/c2ccccc2)cc1.C[n+]1ccn(Cc2ccccc2)c1.Cc1c[n+](C)cn1C. The lowest BCUT2D eigenvalue weighted by atomic mass is 10.1. The monoisotopic (exact) mass is 1320 g/mol.